The van der Waals surface area contributed by atoms with E-state index in [9.17, 15) is 29.8 Å². The lowest BCUT2D eigenvalue weighted by Crippen LogP contribution is -2.26. The lowest BCUT2D eigenvalue weighted by molar-refractivity contribution is -0.385. The molecule has 0 bridgehead atoms. The van der Waals surface area contributed by atoms with E-state index in [1.807, 2.05) is 0 Å². The number of nitrogens with zero attached hydrogens (tertiary/aromatic N) is 3. The Labute approximate surface area is 171 Å². The summed E-state index contributed by atoms with van der Waals surface area (Å²) in [7, 11) is 0. The molecule has 0 unspecified atom stereocenters. The second-order valence-corrected chi connectivity index (χ2v) is 6.20. The summed E-state index contributed by atoms with van der Waals surface area (Å²) < 4.78 is 0. The van der Waals surface area contributed by atoms with Gasteiger partial charge in [-0.05, 0) is 37.1 Å². The van der Waals surface area contributed by atoms with E-state index in [1.54, 1.807) is 6.92 Å². The minimum atomic E-state index is -0.583. The van der Waals surface area contributed by atoms with E-state index in [4.69, 9.17) is 0 Å². The Balaban J connectivity index is 1.76. The van der Waals surface area contributed by atoms with Crippen LogP contribution in [0.15, 0.2) is 53.6 Å². The van der Waals surface area contributed by atoms with Crippen LogP contribution in [-0.2, 0) is 4.79 Å². The van der Waals surface area contributed by atoms with Gasteiger partial charge in [-0.2, -0.15) is 5.10 Å². The molecule has 2 N–H and O–H groups in total. The summed E-state index contributed by atoms with van der Waals surface area (Å²) in [6.45, 7) is 1.86. The van der Waals surface area contributed by atoms with Gasteiger partial charge >= 0.3 is 0 Å². The van der Waals surface area contributed by atoms with Crippen molar-refractivity contribution in [3.05, 3.63) is 79.9 Å². The monoisotopic (exact) mass is 413 g/mol. The first-order chi connectivity index (χ1) is 14.3. The number of nitro groups is 2. The van der Waals surface area contributed by atoms with Gasteiger partial charge < -0.3 is 5.32 Å². The smallest absolute Gasteiger partial charge is 0.270 e. The zero-order valence-corrected chi connectivity index (χ0v) is 16.0. The van der Waals surface area contributed by atoms with Gasteiger partial charge in [-0.1, -0.05) is 6.07 Å². The predicted octanol–water partition coefficient (Wildman–Crippen LogP) is 2.55. The van der Waals surface area contributed by atoms with Gasteiger partial charge in [-0.25, -0.2) is 5.43 Å². The molecule has 2 aromatic carbocycles. The molecule has 2 aromatic rings. The number of hydrogen-bond acceptors (Lipinski definition) is 7. The molecule has 0 aliphatic rings. The predicted molar refractivity (Wildman–Crippen MR) is 108 cm³/mol. The average molecular weight is 413 g/mol. The Morgan fingerprint density at radius 3 is 2.27 bits per heavy atom. The molecule has 0 aliphatic heterocycles. The SMILES string of the molecule is C/C(=N\NC(=O)CCCNC(=O)c1cccc([N+](=O)[O-])c1)c1ccc([N+](=O)[O-])cc1. The summed E-state index contributed by atoms with van der Waals surface area (Å²) in [5.74, 6) is -0.827. The standard InChI is InChI=1S/C19H19N5O6/c1-13(14-7-9-16(10-8-14)23(27)28)21-22-18(25)6-3-11-20-19(26)15-4-2-5-17(12-15)24(29)30/h2,4-5,7-10,12H,3,6,11H2,1H3,(H,20,26)(H,22,25)/b21-13+. The van der Waals surface area contributed by atoms with Crippen LogP contribution in [-0.4, -0.2) is 33.9 Å². The molecule has 0 aliphatic carbocycles. The molecule has 0 heterocycles. The topological polar surface area (TPSA) is 157 Å². The molecule has 0 saturated heterocycles. The summed E-state index contributed by atoms with van der Waals surface area (Å²) in [4.78, 5) is 44.2. The van der Waals surface area contributed by atoms with Gasteiger partial charge in [0.15, 0.2) is 0 Å². The first-order valence-corrected chi connectivity index (χ1v) is 8.88. The summed E-state index contributed by atoms with van der Waals surface area (Å²) in [6, 6.07) is 11.1. The number of non-ortho nitro benzene ring substituents is 2. The second-order valence-electron chi connectivity index (χ2n) is 6.20. The van der Waals surface area contributed by atoms with Crippen LogP contribution in [0.2, 0.25) is 0 Å². The largest absolute Gasteiger partial charge is 0.352 e. The van der Waals surface area contributed by atoms with Crippen molar-refractivity contribution < 1.29 is 19.4 Å². The molecule has 0 radical (unpaired) electrons. The first kappa shape index (κ1) is 22.1. The van der Waals surface area contributed by atoms with Crippen molar-refractivity contribution in [1.82, 2.24) is 10.7 Å². The van der Waals surface area contributed by atoms with Crippen LogP contribution in [0, 0.1) is 20.2 Å². The Kier molecular flexibility index (Phi) is 7.68. The van der Waals surface area contributed by atoms with Crippen LogP contribution in [0.25, 0.3) is 0 Å². The third-order valence-electron chi connectivity index (χ3n) is 4.03. The minimum absolute atomic E-state index is 0.0391. The maximum atomic E-state index is 12.0. The molecule has 0 saturated carbocycles. The highest BCUT2D eigenvalue weighted by atomic mass is 16.6. The molecule has 0 aromatic heterocycles. The summed E-state index contributed by atoms with van der Waals surface area (Å²) in [6.07, 6.45) is 0.449. The molecule has 0 fully saturated rings. The van der Waals surface area contributed by atoms with Gasteiger partial charge in [0.2, 0.25) is 5.91 Å². The van der Waals surface area contributed by atoms with Crippen molar-refractivity contribution >= 4 is 28.9 Å². The minimum Gasteiger partial charge on any atom is -0.352 e. The molecular formula is C19H19N5O6. The number of hydrogen-bond donors (Lipinski definition) is 2. The quantitative estimate of drug-likeness (QED) is 0.278. The fourth-order valence-corrected chi connectivity index (χ4v) is 2.40. The summed E-state index contributed by atoms with van der Waals surface area (Å²) >= 11 is 0. The van der Waals surface area contributed by atoms with Crippen LogP contribution in [0.4, 0.5) is 11.4 Å². The summed E-state index contributed by atoms with van der Waals surface area (Å²) in [5, 5.41) is 27.9. The van der Waals surface area contributed by atoms with Gasteiger partial charge in [0, 0.05) is 42.8 Å². The third kappa shape index (κ3) is 6.48. The van der Waals surface area contributed by atoms with Crippen molar-refractivity contribution in [1.29, 1.82) is 0 Å². The van der Waals surface area contributed by atoms with E-state index < -0.39 is 15.8 Å². The fraction of sp³-hybridized carbons (Fsp3) is 0.211. The lowest BCUT2D eigenvalue weighted by Gasteiger charge is -2.05. The number of amides is 2. The highest BCUT2D eigenvalue weighted by Crippen LogP contribution is 2.13. The van der Waals surface area contributed by atoms with E-state index in [0.717, 1.165) is 0 Å². The number of hydrazone groups is 1. The maximum Gasteiger partial charge on any atom is 0.270 e. The third-order valence-corrected chi connectivity index (χ3v) is 4.03. The van der Waals surface area contributed by atoms with Crippen molar-refractivity contribution in [3.63, 3.8) is 0 Å². The van der Waals surface area contributed by atoms with Gasteiger partial charge in [0.05, 0.1) is 15.6 Å². The van der Waals surface area contributed by atoms with Gasteiger partial charge in [0.25, 0.3) is 17.3 Å². The fourth-order valence-electron chi connectivity index (χ4n) is 2.40. The Morgan fingerprint density at radius 2 is 1.63 bits per heavy atom. The molecule has 0 atom stereocenters. The lowest BCUT2D eigenvalue weighted by atomic mass is 10.1. The number of rotatable bonds is 9. The molecule has 2 amide bonds. The highest BCUT2D eigenvalue weighted by molar-refractivity contribution is 5.99. The number of carbonyl (C=O) groups is 2. The normalized spacial score (nSPS) is 10.9. The van der Waals surface area contributed by atoms with Gasteiger partial charge in [-0.15, -0.1) is 0 Å². The van der Waals surface area contributed by atoms with Crippen molar-refractivity contribution in [2.24, 2.45) is 5.10 Å². The van der Waals surface area contributed by atoms with Crippen molar-refractivity contribution in [2.75, 3.05) is 6.54 Å². The second kappa shape index (κ2) is 10.4. The number of nitrogens with one attached hydrogen (secondary N) is 2. The summed E-state index contributed by atoms with van der Waals surface area (Å²) in [5.41, 5.74) is 3.45. The zero-order valence-electron chi connectivity index (χ0n) is 16.0. The maximum absolute atomic E-state index is 12.0. The van der Waals surface area contributed by atoms with E-state index in [2.05, 4.69) is 15.8 Å². The molecule has 11 heteroatoms. The molecule has 156 valence electrons. The molecular weight excluding hydrogens is 394 g/mol. The van der Waals surface area contributed by atoms with Gasteiger partial charge in [0.1, 0.15) is 0 Å². The van der Waals surface area contributed by atoms with E-state index >= 15 is 0 Å². The Morgan fingerprint density at radius 1 is 0.967 bits per heavy atom. The number of carbonyl (C=O) groups excluding carboxylic acids is 2. The van der Waals surface area contributed by atoms with Crippen LogP contribution >= 0.6 is 0 Å². The van der Waals surface area contributed by atoms with E-state index in [1.165, 1.54) is 48.5 Å². The Hall–Kier alpha value is -4.15. The van der Waals surface area contributed by atoms with Crippen LogP contribution in [0.1, 0.15) is 35.7 Å². The molecule has 11 nitrogen and oxygen atoms in total. The number of nitro benzene ring substituents is 2. The van der Waals surface area contributed by atoms with E-state index in [-0.39, 0.29) is 35.8 Å². The Bertz CT molecular complexity index is 987. The van der Waals surface area contributed by atoms with Crippen LogP contribution in [0.3, 0.4) is 0 Å². The molecule has 2 rings (SSSR count). The average Bonchev–Trinajstić information content (AvgIpc) is 2.75. The van der Waals surface area contributed by atoms with E-state index in [0.29, 0.717) is 17.7 Å². The van der Waals surface area contributed by atoms with Gasteiger partial charge in [-0.3, -0.25) is 29.8 Å². The molecule has 30 heavy (non-hydrogen) atoms. The first-order valence-electron chi connectivity index (χ1n) is 8.88. The van der Waals surface area contributed by atoms with Crippen LogP contribution in [0.5, 0.6) is 0 Å². The molecule has 0 spiro atoms. The van der Waals surface area contributed by atoms with Crippen LogP contribution < -0.4 is 10.7 Å². The number of benzene rings is 2. The highest BCUT2D eigenvalue weighted by Gasteiger charge is 2.11. The van der Waals surface area contributed by atoms with Crippen molar-refractivity contribution in [2.45, 2.75) is 19.8 Å². The zero-order chi connectivity index (χ0) is 22.1. The van der Waals surface area contributed by atoms with Crippen molar-refractivity contribution in [3.8, 4) is 0 Å².